The van der Waals surface area contributed by atoms with Crippen LogP contribution in [0.1, 0.15) is 42.1 Å². The normalized spacial score (nSPS) is 24.9. The highest BCUT2D eigenvalue weighted by molar-refractivity contribution is 6.04. The molecule has 0 saturated carbocycles. The summed E-state index contributed by atoms with van der Waals surface area (Å²) in [5, 5.41) is 0. The predicted octanol–water partition coefficient (Wildman–Crippen LogP) is 3.62. The Bertz CT molecular complexity index is 1040. The summed E-state index contributed by atoms with van der Waals surface area (Å²) in [7, 11) is 1.87. The lowest BCUT2D eigenvalue weighted by molar-refractivity contribution is -0.117. The average Bonchev–Trinajstić information content (AvgIpc) is 3.01. The molecule has 0 aliphatic carbocycles. The van der Waals surface area contributed by atoms with Crippen LogP contribution in [0, 0.1) is 5.82 Å². The van der Waals surface area contributed by atoms with Gasteiger partial charge in [0.15, 0.2) is 5.78 Å². The fraction of sp³-hybridized carbons (Fsp3) is 0.440. The number of piperidine rings is 1. The van der Waals surface area contributed by atoms with Crippen molar-refractivity contribution < 1.29 is 14.0 Å². The van der Waals surface area contributed by atoms with Crippen LogP contribution in [0.25, 0.3) is 0 Å². The number of amides is 1. The molecular formula is C25H28FN3O2. The number of anilines is 2. The number of hydrogen-bond donors (Lipinski definition) is 0. The van der Waals surface area contributed by atoms with E-state index in [0.29, 0.717) is 24.6 Å². The summed E-state index contributed by atoms with van der Waals surface area (Å²) in [4.78, 5) is 31.5. The number of para-hydroxylation sites is 1. The maximum absolute atomic E-state index is 13.1. The number of likely N-dealkylation sites (tertiary alicyclic amines) is 1. The number of carbonyl (C=O) groups excluding carboxylic acids is 2. The SMILES string of the molecule is CN1C(=O)CN2c3c1cccc3[C@]1(C)CN(CCCC(=O)c3ccc(F)cc3)CC[C@H]21. The minimum absolute atomic E-state index is 0.0317. The molecule has 5 rings (SSSR count). The highest BCUT2D eigenvalue weighted by Gasteiger charge is 2.53. The second kappa shape index (κ2) is 7.45. The van der Waals surface area contributed by atoms with Crippen LogP contribution in [0.3, 0.4) is 0 Å². The van der Waals surface area contributed by atoms with Crippen LogP contribution in [-0.2, 0) is 10.2 Å². The number of rotatable bonds is 5. The third-order valence-electron chi connectivity index (χ3n) is 7.39. The molecule has 0 unspecified atom stereocenters. The molecular weight excluding hydrogens is 393 g/mol. The number of ketones is 1. The van der Waals surface area contributed by atoms with Crippen LogP contribution in [0.5, 0.6) is 0 Å². The third-order valence-corrected chi connectivity index (χ3v) is 7.39. The van der Waals surface area contributed by atoms with Crippen LogP contribution in [0.15, 0.2) is 42.5 Å². The number of hydrogen-bond acceptors (Lipinski definition) is 4. The molecule has 1 amide bonds. The van der Waals surface area contributed by atoms with E-state index in [-0.39, 0.29) is 22.9 Å². The van der Waals surface area contributed by atoms with Crippen molar-refractivity contribution in [2.24, 2.45) is 0 Å². The van der Waals surface area contributed by atoms with E-state index < -0.39 is 0 Å². The van der Waals surface area contributed by atoms with Crippen molar-refractivity contribution in [3.8, 4) is 0 Å². The monoisotopic (exact) mass is 421 g/mol. The number of halogens is 1. The standard InChI is InChI=1S/C25H28FN3O2/c1-25-16-28(13-4-7-21(30)17-8-10-18(26)11-9-17)14-12-22(25)29-15-23(31)27(2)20-6-3-5-19(25)24(20)29/h3,5-6,8-11,22H,4,7,12-16H2,1-2H3/t22-,25-/m0/s1. The Hall–Kier alpha value is -2.73. The number of fused-ring (bicyclic) bond motifs is 3. The Balaban J connectivity index is 1.28. The molecule has 1 fully saturated rings. The molecule has 162 valence electrons. The molecule has 0 radical (unpaired) electrons. The molecule has 0 spiro atoms. The number of Topliss-reactive ketones (excluding diaryl/α,β-unsaturated/α-hetero) is 1. The van der Waals surface area contributed by atoms with Crippen molar-refractivity contribution in [2.75, 3.05) is 43.0 Å². The molecule has 31 heavy (non-hydrogen) atoms. The fourth-order valence-corrected chi connectivity index (χ4v) is 5.77. The van der Waals surface area contributed by atoms with E-state index in [9.17, 15) is 14.0 Å². The minimum Gasteiger partial charge on any atom is -0.356 e. The summed E-state index contributed by atoms with van der Waals surface area (Å²) in [5.74, 6) is -0.107. The molecule has 0 N–H and O–H groups in total. The lowest BCUT2D eigenvalue weighted by atomic mass is 9.74. The maximum atomic E-state index is 13.1. The first-order valence-corrected chi connectivity index (χ1v) is 11.1. The van der Waals surface area contributed by atoms with Crippen LogP contribution < -0.4 is 9.80 Å². The van der Waals surface area contributed by atoms with Crippen molar-refractivity contribution in [2.45, 2.75) is 37.6 Å². The Morgan fingerprint density at radius 2 is 1.97 bits per heavy atom. The topological polar surface area (TPSA) is 43.9 Å². The van der Waals surface area contributed by atoms with Crippen molar-refractivity contribution >= 4 is 23.1 Å². The molecule has 1 saturated heterocycles. The van der Waals surface area contributed by atoms with Gasteiger partial charge < -0.3 is 14.7 Å². The molecule has 3 aliphatic heterocycles. The van der Waals surface area contributed by atoms with Gasteiger partial charge in [-0.1, -0.05) is 19.1 Å². The first-order valence-electron chi connectivity index (χ1n) is 11.1. The van der Waals surface area contributed by atoms with Crippen molar-refractivity contribution in [1.29, 1.82) is 0 Å². The average molecular weight is 422 g/mol. The zero-order valence-electron chi connectivity index (χ0n) is 18.1. The highest BCUT2D eigenvalue weighted by Crippen LogP contribution is 2.53. The predicted molar refractivity (Wildman–Crippen MR) is 119 cm³/mol. The Morgan fingerprint density at radius 1 is 1.19 bits per heavy atom. The van der Waals surface area contributed by atoms with E-state index in [1.165, 1.54) is 23.4 Å². The fourth-order valence-electron chi connectivity index (χ4n) is 5.77. The molecule has 3 heterocycles. The Morgan fingerprint density at radius 3 is 2.74 bits per heavy atom. The van der Waals surface area contributed by atoms with Gasteiger partial charge in [0.1, 0.15) is 5.82 Å². The molecule has 2 atom stereocenters. The van der Waals surface area contributed by atoms with Gasteiger partial charge in [0.25, 0.3) is 0 Å². The molecule has 5 nitrogen and oxygen atoms in total. The van der Waals surface area contributed by atoms with Crippen molar-refractivity contribution in [1.82, 2.24) is 4.90 Å². The lowest BCUT2D eigenvalue weighted by Gasteiger charge is -2.46. The van der Waals surface area contributed by atoms with Crippen LogP contribution in [-0.4, -0.2) is 55.9 Å². The van der Waals surface area contributed by atoms with E-state index in [1.807, 2.05) is 13.1 Å². The Labute approximate surface area is 182 Å². The van der Waals surface area contributed by atoms with E-state index in [0.717, 1.165) is 38.2 Å². The summed E-state index contributed by atoms with van der Waals surface area (Å²) in [6, 6.07) is 12.5. The summed E-state index contributed by atoms with van der Waals surface area (Å²) in [5.41, 5.74) is 4.12. The van der Waals surface area contributed by atoms with Gasteiger partial charge in [-0.25, -0.2) is 4.39 Å². The highest BCUT2D eigenvalue weighted by atomic mass is 19.1. The molecule has 2 aromatic rings. The van der Waals surface area contributed by atoms with E-state index in [2.05, 4.69) is 28.9 Å². The van der Waals surface area contributed by atoms with Gasteiger partial charge in [-0.3, -0.25) is 9.59 Å². The zero-order valence-corrected chi connectivity index (χ0v) is 18.1. The molecule has 0 aromatic heterocycles. The number of carbonyl (C=O) groups is 2. The second-order valence-corrected chi connectivity index (χ2v) is 9.29. The summed E-state index contributed by atoms with van der Waals surface area (Å²) >= 11 is 0. The first kappa shape index (κ1) is 20.2. The van der Waals surface area contributed by atoms with Gasteiger partial charge in [-0.05, 0) is 55.3 Å². The van der Waals surface area contributed by atoms with Crippen molar-refractivity contribution in [3.63, 3.8) is 0 Å². The van der Waals surface area contributed by atoms with Crippen LogP contribution in [0.4, 0.5) is 15.8 Å². The van der Waals surface area contributed by atoms with Gasteiger partial charge >= 0.3 is 0 Å². The minimum atomic E-state index is -0.321. The van der Waals surface area contributed by atoms with Gasteiger partial charge in [-0.15, -0.1) is 0 Å². The zero-order chi connectivity index (χ0) is 21.8. The van der Waals surface area contributed by atoms with Gasteiger partial charge in [0.05, 0.1) is 17.9 Å². The summed E-state index contributed by atoms with van der Waals surface area (Å²) in [6.45, 7) is 5.53. The van der Waals surface area contributed by atoms with E-state index in [4.69, 9.17) is 0 Å². The molecule has 6 heteroatoms. The van der Waals surface area contributed by atoms with Gasteiger partial charge in [0, 0.05) is 43.6 Å². The number of likely N-dealkylation sites (N-methyl/N-ethyl adjacent to an activating group) is 1. The van der Waals surface area contributed by atoms with Crippen LogP contribution >= 0.6 is 0 Å². The van der Waals surface area contributed by atoms with E-state index >= 15 is 0 Å². The molecule has 2 aromatic carbocycles. The third kappa shape index (κ3) is 3.24. The number of nitrogens with zero attached hydrogens (tertiary/aromatic N) is 3. The lowest BCUT2D eigenvalue weighted by Crippen LogP contribution is -2.57. The Kier molecular flexibility index (Phi) is 4.85. The second-order valence-electron chi connectivity index (χ2n) is 9.29. The molecule has 3 aliphatic rings. The van der Waals surface area contributed by atoms with Gasteiger partial charge in [-0.2, -0.15) is 0 Å². The summed E-state index contributed by atoms with van der Waals surface area (Å²) in [6.07, 6.45) is 2.26. The first-order chi connectivity index (χ1) is 14.9. The largest absolute Gasteiger partial charge is 0.356 e. The van der Waals surface area contributed by atoms with Gasteiger partial charge in [0.2, 0.25) is 5.91 Å². The van der Waals surface area contributed by atoms with E-state index in [1.54, 1.807) is 17.0 Å². The maximum Gasteiger partial charge on any atom is 0.246 e. The van der Waals surface area contributed by atoms with Crippen LogP contribution in [0.2, 0.25) is 0 Å². The molecule has 0 bridgehead atoms. The smallest absolute Gasteiger partial charge is 0.246 e. The number of benzene rings is 2. The van der Waals surface area contributed by atoms with Crippen molar-refractivity contribution in [3.05, 3.63) is 59.4 Å². The quantitative estimate of drug-likeness (QED) is 0.692. The summed E-state index contributed by atoms with van der Waals surface area (Å²) < 4.78 is 13.1.